The molecule has 2 rings (SSSR count). The maximum absolute atomic E-state index is 13.5. The van der Waals surface area contributed by atoms with Gasteiger partial charge in [-0.3, -0.25) is 4.79 Å². The van der Waals surface area contributed by atoms with Gasteiger partial charge < -0.3 is 9.80 Å². The number of halogens is 1. The van der Waals surface area contributed by atoms with Crippen LogP contribution < -0.4 is 0 Å². The van der Waals surface area contributed by atoms with Crippen molar-refractivity contribution < 1.29 is 9.18 Å². The van der Waals surface area contributed by atoms with Gasteiger partial charge in [0, 0.05) is 31.1 Å². The second-order valence-electron chi connectivity index (χ2n) is 7.40. The molecule has 25 heavy (non-hydrogen) atoms. The fourth-order valence-electron chi connectivity index (χ4n) is 3.42. The molecule has 1 aromatic carbocycles. The van der Waals surface area contributed by atoms with Crippen LogP contribution in [0, 0.1) is 35.9 Å². The van der Waals surface area contributed by atoms with E-state index in [1.54, 1.807) is 24.0 Å². The van der Waals surface area contributed by atoms with E-state index in [2.05, 4.69) is 24.8 Å². The lowest BCUT2D eigenvalue weighted by atomic mass is 9.96. The van der Waals surface area contributed by atoms with Gasteiger partial charge in [-0.25, -0.2) is 4.39 Å². The van der Waals surface area contributed by atoms with E-state index in [9.17, 15) is 9.18 Å². The van der Waals surface area contributed by atoms with Crippen molar-refractivity contribution in [2.24, 2.45) is 11.8 Å². The van der Waals surface area contributed by atoms with Crippen LogP contribution >= 0.6 is 0 Å². The first-order chi connectivity index (χ1) is 11.8. The van der Waals surface area contributed by atoms with Gasteiger partial charge >= 0.3 is 0 Å². The number of carbonyl (C=O) groups is 1. The highest BCUT2D eigenvalue weighted by atomic mass is 19.1. The van der Waals surface area contributed by atoms with Gasteiger partial charge in [0.15, 0.2) is 0 Å². The van der Waals surface area contributed by atoms with Gasteiger partial charge in [0.05, 0.1) is 6.07 Å². The molecule has 1 amide bonds. The number of benzene rings is 1. The number of carbonyl (C=O) groups excluding carboxylic acids is 1. The summed E-state index contributed by atoms with van der Waals surface area (Å²) in [6, 6.07) is 6.95. The Morgan fingerprint density at radius 2 is 2.04 bits per heavy atom. The lowest BCUT2D eigenvalue weighted by Gasteiger charge is -2.38. The normalized spacial score (nSPS) is 17.3. The topological polar surface area (TPSA) is 47.3 Å². The summed E-state index contributed by atoms with van der Waals surface area (Å²) in [5.74, 6) is 0.105. The highest BCUT2D eigenvalue weighted by molar-refractivity contribution is 5.94. The Kier molecular flexibility index (Phi) is 6.55. The molecule has 0 aromatic heterocycles. The van der Waals surface area contributed by atoms with Crippen LogP contribution in [0.2, 0.25) is 0 Å². The van der Waals surface area contributed by atoms with Crippen LogP contribution in [0.25, 0.3) is 0 Å². The van der Waals surface area contributed by atoms with E-state index in [4.69, 9.17) is 5.26 Å². The SMILES string of the molecule is Cc1cc(C(=O)N(C)[C@H](CN2CCC(C#N)CC2)C(C)C)ccc1F. The number of rotatable bonds is 5. The second kappa shape index (κ2) is 8.44. The smallest absolute Gasteiger partial charge is 0.253 e. The van der Waals surface area contributed by atoms with Crippen LogP contribution in [0.15, 0.2) is 18.2 Å². The predicted octanol–water partition coefficient (Wildman–Crippen LogP) is 3.47. The summed E-state index contributed by atoms with van der Waals surface area (Å²) in [7, 11) is 1.83. The van der Waals surface area contributed by atoms with Crippen molar-refractivity contribution in [3.05, 3.63) is 35.1 Å². The largest absolute Gasteiger partial charge is 0.337 e. The van der Waals surface area contributed by atoms with Gasteiger partial charge in [-0.1, -0.05) is 13.8 Å². The van der Waals surface area contributed by atoms with Gasteiger partial charge in [0.2, 0.25) is 0 Å². The van der Waals surface area contributed by atoms with E-state index in [0.717, 1.165) is 32.5 Å². The highest BCUT2D eigenvalue weighted by Crippen LogP contribution is 2.20. The number of aryl methyl sites for hydroxylation is 1. The molecular weight excluding hydrogens is 317 g/mol. The Hall–Kier alpha value is -1.93. The van der Waals surface area contributed by atoms with Gasteiger partial charge in [-0.15, -0.1) is 0 Å². The number of likely N-dealkylation sites (N-methyl/N-ethyl adjacent to an activating group) is 1. The van der Waals surface area contributed by atoms with Crippen molar-refractivity contribution in [2.75, 3.05) is 26.7 Å². The highest BCUT2D eigenvalue weighted by Gasteiger charge is 2.28. The standard InChI is InChI=1S/C20H28FN3O/c1-14(2)19(13-24-9-7-16(12-22)8-10-24)23(4)20(25)17-5-6-18(21)15(3)11-17/h5-6,11,14,16,19H,7-10,13H2,1-4H3/t19-/m1/s1. The minimum absolute atomic E-state index is 0.0753. The van der Waals surface area contributed by atoms with Gasteiger partial charge in [0.1, 0.15) is 5.82 Å². The van der Waals surface area contributed by atoms with Crippen LogP contribution in [-0.4, -0.2) is 48.4 Å². The Bertz CT molecular complexity index is 645. The number of nitriles is 1. The fraction of sp³-hybridized carbons (Fsp3) is 0.600. The molecule has 0 aliphatic carbocycles. The predicted molar refractivity (Wildman–Crippen MR) is 96.6 cm³/mol. The minimum Gasteiger partial charge on any atom is -0.337 e. The molecule has 1 aliphatic rings. The van der Waals surface area contributed by atoms with Crippen molar-refractivity contribution in [3.8, 4) is 6.07 Å². The summed E-state index contributed by atoms with van der Waals surface area (Å²) in [5.41, 5.74) is 1.01. The van der Waals surface area contributed by atoms with Crippen molar-refractivity contribution in [1.29, 1.82) is 5.26 Å². The minimum atomic E-state index is -0.292. The first kappa shape index (κ1) is 19.4. The summed E-state index contributed by atoms with van der Waals surface area (Å²) in [5, 5.41) is 9.03. The molecule has 5 heteroatoms. The van der Waals surface area contributed by atoms with Crippen molar-refractivity contribution in [1.82, 2.24) is 9.80 Å². The summed E-state index contributed by atoms with van der Waals surface area (Å²) in [6.07, 6.45) is 1.80. The van der Waals surface area contributed by atoms with Crippen LogP contribution in [-0.2, 0) is 0 Å². The Morgan fingerprint density at radius 1 is 1.40 bits per heavy atom. The lowest BCUT2D eigenvalue weighted by molar-refractivity contribution is 0.0602. The zero-order valence-electron chi connectivity index (χ0n) is 15.6. The number of hydrogen-bond acceptors (Lipinski definition) is 3. The van der Waals surface area contributed by atoms with Gasteiger partial charge in [-0.2, -0.15) is 5.26 Å². The first-order valence-corrected chi connectivity index (χ1v) is 8.98. The summed E-state index contributed by atoms with van der Waals surface area (Å²) >= 11 is 0. The van der Waals surface area contributed by atoms with Crippen LogP contribution in [0.1, 0.15) is 42.6 Å². The number of amides is 1. The van der Waals surface area contributed by atoms with Crippen LogP contribution in [0.4, 0.5) is 4.39 Å². The van der Waals surface area contributed by atoms with Crippen molar-refractivity contribution in [3.63, 3.8) is 0 Å². The molecule has 0 radical (unpaired) electrons. The molecule has 0 saturated carbocycles. The molecule has 4 nitrogen and oxygen atoms in total. The third-order valence-electron chi connectivity index (χ3n) is 5.21. The molecule has 0 unspecified atom stereocenters. The zero-order chi connectivity index (χ0) is 18.6. The quantitative estimate of drug-likeness (QED) is 0.821. The molecule has 1 atom stereocenters. The van der Waals surface area contributed by atoms with E-state index in [-0.39, 0.29) is 23.7 Å². The summed E-state index contributed by atoms with van der Waals surface area (Å²) < 4.78 is 13.5. The van der Waals surface area contributed by atoms with E-state index >= 15 is 0 Å². The molecule has 0 bridgehead atoms. The average molecular weight is 345 g/mol. The molecule has 0 spiro atoms. The van der Waals surface area contributed by atoms with E-state index in [1.165, 1.54) is 6.07 Å². The average Bonchev–Trinajstić information content (AvgIpc) is 2.61. The van der Waals surface area contributed by atoms with E-state index in [0.29, 0.717) is 17.0 Å². The van der Waals surface area contributed by atoms with Crippen LogP contribution in [0.3, 0.4) is 0 Å². The third kappa shape index (κ3) is 4.79. The molecule has 1 heterocycles. The lowest BCUT2D eigenvalue weighted by Crippen LogP contribution is -2.49. The van der Waals surface area contributed by atoms with Crippen molar-refractivity contribution >= 4 is 5.91 Å². The van der Waals surface area contributed by atoms with Crippen molar-refractivity contribution in [2.45, 2.75) is 39.7 Å². The Labute approximate surface area is 150 Å². The van der Waals surface area contributed by atoms with Gasteiger partial charge in [0.25, 0.3) is 5.91 Å². The van der Waals surface area contributed by atoms with E-state index < -0.39 is 0 Å². The number of nitrogens with zero attached hydrogens (tertiary/aromatic N) is 3. The Morgan fingerprint density at radius 3 is 2.56 bits per heavy atom. The molecule has 0 N–H and O–H groups in total. The molecular formula is C20H28FN3O. The second-order valence-corrected chi connectivity index (χ2v) is 7.40. The zero-order valence-corrected chi connectivity index (χ0v) is 15.6. The monoisotopic (exact) mass is 345 g/mol. The number of piperidine rings is 1. The van der Waals surface area contributed by atoms with Crippen LogP contribution in [0.5, 0.6) is 0 Å². The molecule has 136 valence electrons. The molecule has 1 aromatic rings. The molecule has 1 aliphatic heterocycles. The Balaban J connectivity index is 2.07. The fourth-order valence-corrected chi connectivity index (χ4v) is 3.42. The molecule has 1 fully saturated rings. The summed E-state index contributed by atoms with van der Waals surface area (Å²) in [4.78, 5) is 17.0. The van der Waals surface area contributed by atoms with E-state index in [1.807, 2.05) is 7.05 Å². The summed E-state index contributed by atoms with van der Waals surface area (Å²) in [6.45, 7) is 8.51. The molecule has 1 saturated heterocycles. The first-order valence-electron chi connectivity index (χ1n) is 8.98. The third-order valence-corrected chi connectivity index (χ3v) is 5.21. The maximum Gasteiger partial charge on any atom is 0.253 e. The number of likely N-dealkylation sites (tertiary alicyclic amines) is 1. The van der Waals surface area contributed by atoms with Gasteiger partial charge in [-0.05, 0) is 62.5 Å². The number of hydrogen-bond donors (Lipinski definition) is 0. The maximum atomic E-state index is 13.5.